The summed E-state index contributed by atoms with van der Waals surface area (Å²) < 4.78 is 31.7. The van der Waals surface area contributed by atoms with Gasteiger partial charge in [0.2, 0.25) is 9.84 Å². The molecule has 6 aromatic rings. The monoisotopic (exact) mass is 680 g/mol. The molecule has 0 unspecified atom stereocenters. The zero-order chi connectivity index (χ0) is 34.7. The van der Waals surface area contributed by atoms with Crippen LogP contribution >= 0.6 is 0 Å². The molecule has 4 aromatic carbocycles. The van der Waals surface area contributed by atoms with Crippen LogP contribution in [0, 0.1) is 6.92 Å². The normalized spacial score (nSPS) is 14.2. The van der Waals surface area contributed by atoms with Gasteiger partial charge in [-0.3, -0.25) is 9.59 Å². The minimum absolute atomic E-state index is 0.0292. The average Bonchev–Trinajstić information content (AvgIpc) is 3.47. The number of benzene rings is 4. The average molecular weight is 681 g/mol. The number of imide groups is 1. The molecule has 1 aliphatic rings. The lowest BCUT2D eigenvalue weighted by atomic mass is 9.95. The summed E-state index contributed by atoms with van der Waals surface area (Å²) in [6.45, 7) is 1.88. The molecular weight excluding hydrogens is 645 g/mol. The van der Waals surface area contributed by atoms with E-state index in [1.165, 1.54) is 12.2 Å². The van der Waals surface area contributed by atoms with E-state index in [0.717, 1.165) is 53.7 Å². The van der Waals surface area contributed by atoms with Gasteiger partial charge < -0.3 is 4.57 Å². The topological polar surface area (TPSA) is 102 Å². The van der Waals surface area contributed by atoms with E-state index in [-0.39, 0.29) is 27.2 Å². The standard InChI is InChI=1S/C41H36N4O4S/c1-29-21-25-33(26-22-29)50(48,49)39-38-40(43-35-20-12-11-19-34(35)42-38)44(32-17-9-4-10-18-32)41(39)45(36(46)27-23-30-13-5-2-6-14-30)37(47)28-24-31-15-7-3-8-16-31/h2-3,5-8,11-16,19-28,32H,4,9-10,17-18H2,1H3/b27-23+,28-24+. The second-order valence-corrected chi connectivity index (χ2v) is 14.4. The summed E-state index contributed by atoms with van der Waals surface area (Å²) in [6, 6.07) is 32.1. The molecule has 2 amide bonds. The fourth-order valence-electron chi connectivity index (χ4n) is 6.53. The van der Waals surface area contributed by atoms with Crippen molar-refractivity contribution >= 4 is 61.8 Å². The number of anilines is 1. The van der Waals surface area contributed by atoms with Crippen molar-refractivity contribution in [3.05, 3.63) is 138 Å². The summed E-state index contributed by atoms with van der Waals surface area (Å²) in [5, 5.41) is 0. The minimum Gasteiger partial charge on any atom is -0.306 e. The van der Waals surface area contributed by atoms with Gasteiger partial charge in [-0.25, -0.2) is 23.3 Å². The van der Waals surface area contributed by atoms with Gasteiger partial charge in [0.15, 0.2) is 5.65 Å². The van der Waals surface area contributed by atoms with Crippen LogP contribution in [0.5, 0.6) is 0 Å². The maximum Gasteiger partial charge on any atom is 0.259 e. The number of carbonyl (C=O) groups is 2. The number of amides is 2. The Morgan fingerprint density at radius 2 is 1.22 bits per heavy atom. The first-order chi connectivity index (χ1) is 24.3. The summed E-state index contributed by atoms with van der Waals surface area (Å²) in [5.41, 5.74) is 3.92. The van der Waals surface area contributed by atoms with Crippen molar-refractivity contribution in [3.8, 4) is 0 Å². The molecule has 2 aromatic heterocycles. The van der Waals surface area contributed by atoms with Crippen LogP contribution in [0.1, 0.15) is 54.8 Å². The summed E-state index contributed by atoms with van der Waals surface area (Å²) in [4.78, 5) is 39.7. The first kappa shape index (κ1) is 32.9. The van der Waals surface area contributed by atoms with Crippen molar-refractivity contribution < 1.29 is 18.0 Å². The lowest BCUT2D eigenvalue weighted by molar-refractivity contribution is -0.121. The van der Waals surface area contributed by atoms with E-state index in [4.69, 9.17) is 9.97 Å². The second-order valence-electron chi connectivity index (χ2n) is 12.5. The molecule has 0 atom stereocenters. The Hall–Kier alpha value is -5.67. The predicted octanol–water partition coefficient (Wildman–Crippen LogP) is 8.52. The number of hydrogen-bond donors (Lipinski definition) is 0. The summed E-state index contributed by atoms with van der Waals surface area (Å²) in [5.74, 6) is -1.43. The van der Waals surface area contributed by atoms with Crippen LogP contribution in [-0.4, -0.2) is 34.8 Å². The highest BCUT2D eigenvalue weighted by Crippen LogP contribution is 2.44. The van der Waals surface area contributed by atoms with Gasteiger partial charge in [0.25, 0.3) is 11.8 Å². The minimum atomic E-state index is -4.36. The van der Waals surface area contributed by atoms with Gasteiger partial charge in [-0.15, -0.1) is 0 Å². The molecule has 1 aliphatic carbocycles. The second kappa shape index (κ2) is 14.1. The maximum atomic E-state index is 15.0. The molecule has 0 N–H and O–H groups in total. The van der Waals surface area contributed by atoms with Crippen molar-refractivity contribution in [1.82, 2.24) is 14.5 Å². The van der Waals surface area contributed by atoms with E-state index in [1.54, 1.807) is 47.1 Å². The smallest absolute Gasteiger partial charge is 0.259 e. The molecule has 9 heteroatoms. The number of aryl methyl sites for hydroxylation is 1. The highest BCUT2D eigenvalue weighted by molar-refractivity contribution is 7.92. The highest BCUT2D eigenvalue weighted by Gasteiger charge is 2.39. The molecule has 0 radical (unpaired) electrons. The van der Waals surface area contributed by atoms with E-state index in [1.807, 2.05) is 85.8 Å². The molecule has 1 fully saturated rings. The van der Waals surface area contributed by atoms with Crippen molar-refractivity contribution in [2.24, 2.45) is 0 Å². The zero-order valence-corrected chi connectivity index (χ0v) is 28.5. The number of nitrogens with zero attached hydrogens (tertiary/aromatic N) is 4. The number of hydrogen-bond acceptors (Lipinski definition) is 6. The van der Waals surface area contributed by atoms with E-state index < -0.39 is 21.7 Å². The van der Waals surface area contributed by atoms with Gasteiger partial charge in [0.05, 0.1) is 15.9 Å². The Balaban J connectivity index is 1.55. The molecule has 0 aliphatic heterocycles. The molecule has 0 saturated heterocycles. The predicted molar refractivity (Wildman–Crippen MR) is 197 cm³/mol. The van der Waals surface area contributed by atoms with Gasteiger partial charge in [0, 0.05) is 18.2 Å². The first-order valence-electron chi connectivity index (χ1n) is 16.8. The van der Waals surface area contributed by atoms with Gasteiger partial charge >= 0.3 is 0 Å². The van der Waals surface area contributed by atoms with Crippen LogP contribution < -0.4 is 4.90 Å². The maximum absolute atomic E-state index is 15.0. The van der Waals surface area contributed by atoms with Gasteiger partial charge in [-0.1, -0.05) is 110 Å². The largest absolute Gasteiger partial charge is 0.306 e. The van der Waals surface area contributed by atoms with Crippen LogP contribution in [0.15, 0.2) is 131 Å². The molecule has 50 heavy (non-hydrogen) atoms. The Morgan fingerprint density at radius 1 is 0.700 bits per heavy atom. The third kappa shape index (κ3) is 6.52. The summed E-state index contributed by atoms with van der Waals surface area (Å²) in [7, 11) is -4.36. The van der Waals surface area contributed by atoms with E-state index in [9.17, 15) is 18.0 Å². The Kier molecular flexibility index (Phi) is 9.23. The van der Waals surface area contributed by atoms with Gasteiger partial charge in [-0.2, -0.15) is 0 Å². The Bertz CT molecular complexity index is 2300. The molecule has 8 nitrogen and oxygen atoms in total. The van der Waals surface area contributed by atoms with Crippen LogP contribution in [-0.2, 0) is 19.4 Å². The number of rotatable bonds is 8. The SMILES string of the molecule is Cc1ccc(S(=O)(=O)c2c(N(C(=O)/C=C/c3ccccc3)C(=O)/C=C/c3ccccc3)n(C3CCCCC3)c3nc4ccccc4nc23)cc1. The van der Waals surface area contributed by atoms with Crippen LogP contribution in [0.25, 0.3) is 34.3 Å². The van der Waals surface area contributed by atoms with Gasteiger partial charge in [0.1, 0.15) is 16.2 Å². The molecule has 7 rings (SSSR count). The number of fused-ring (bicyclic) bond motifs is 2. The third-order valence-corrected chi connectivity index (χ3v) is 10.9. The zero-order valence-electron chi connectivity index (χ0n) is 27.6. The molecule has 1 saturated carbocycles. The van der Waals surface area contributed by atoms with E-state index in [2.05, 4.69) is 0 Å². The lowest BCUT2D eigenvalue weighted by Gasteiger charge is -2.29. The number of carbonyl (C=O) groups excluding carboxylic acids is 2. The van der Waals surface area contributed by atoms with Crippen LogP contribution in [0.4, 0.5) is 5.82 Å². The van der Waals surface area contributed by atoms with E-state index in [0.29, 0.717) is 16.7 Å². The number of para-hydroxylation sites is 2. The van der Waals surface area contributed by atoms with Crippen LogP contribution in [0.3, 0.4) is 0 Å². The fraction of sp³-hybridized carbons (Fsp3) is 0.171. The number of aromatic nitrogens is 3. The highest BCUT2D eigenvalue weighted by atomic mass is 32.2. The lowest BCUT2D eigenvalue weighted by Crippen LogP contribution is -2.38. The van der Waals surface area contributed by atoms with Crippen LogP contribution in [0.2, 0.25) is 0 Å². The van der Waals surface area contributed by atoms with Crippen molar-refractivity contribution in [1.29, 1.82) is 0 Å². The Labute approximate surface area is 291 Å². The molecular formula is C41H36N4O4S. The number of sulfone groups is 1. The quantitative estimate of drug-likeness (QED) is 0.149. The molecule has 0 bridgehead atoms. The molecule has 2 heterocycles. The molecule has 250 valence electrons. The van der Waals surface area contributed by atoms with Gasteiger partial charge in [-0.05, 0) is 67.3 Å². The first-order valence-corrected chi connectivity index (χ1v) is 18.3. The fourth-order valence-corrected chi connectivity index (χ4v) is 8.09. The van der Waals surface area contributed by atoms with Crippen molar-refractivity contribution in [2.75, 3.05) is 4.90 Å². The summed E-state index contributed by atoms with van der Waals surface area (Å²) in [6.07, 6.45) is 10.2. The van der Waals surface area contributed by atoms with Crippen molar-refractivity contribution in [2.45, 2.75) is 54.9 Å². The van der Waals surface area contributed by atoms with E-state index >= 15 is 0 Å². The van der Waals surface area contributed by atoms with Crippen molar-refractivity contribution in [3.63, 3.8) is 0 Å². The Morgan fingerprint density at radius 3 is 1.78 bits per heavy atom. The molecule has 0 spiro atoms. The third-order valence-electron chi connectivity index (χ3n) is 9.05. The summed E-state index contributed by atoms with van der Waals surface area (Å²) >= 11 is 0.